The maximum atomic E-state index is 13.8. The summed E-state index contributed by atoms with van der Waals surface area (Å²) in [5, 5.41) is 8.75. The van der Waals surface area contributed by atoms with Gasteiger partial charge in [-0.15, -0.1) is 0 Å². The monoisotopic (exact) mass is 451 g/mol. The average Bonchev–Trinajstić information content (AvgIpc) is 3.18. The zero-order valence-electron chi connectivity index (χ0n) is 20.1. The van der Waals surface area contributed by atoms with Gasteiger partial charge in [0.25, 0.3) is 5.91 Å². The standard InChI is InChI=1S/C25H33N5O3/c1-14(2)20(28-23(31)17(5)26-6)25(33)30-19(13-18-11-8-12-27-22(18)30)24(32)29-21-15(3)9-7-10-16(21)4/h7-12,14,17,19-20,26H,13H2,1-6H3,(H,28,31)(H,29,32)/t17-,19?,20?/m0/s1. The Bertz CT molecular complexity index is 1030. The van der Waals surface area contributed by atoms with Crippen LogP contribution in [-0.2, 0) is 20.8 Å². The summed E-state index contributed by atoms with van der Waals surface area (Å²) in [6.45, 7) is 9.33. The summed E-state index contributed by atoms with van der Waals surface area (Å²) in [4.78, 5) is 45.6. The summed E-state index contributed by atoms with van der Waals surface area (Å²) in [6.07, 6.45) is 1.97. The van der Waals surface area contributed by atoms with Gasteiger partial charge < -0.3 is 16.0 Å². The molecular weight excluding hydrogens is 418 g/mol. The van der Waals surface area contributed by atoms with Crippen LogP contribution in [0.4, 0.5) is 11.5 Å². The first-order valence-electron chi connectivity index (χ1n) is 11.3. The van der Waals surface area contributed by atoms with Crippen molar-refractivity contribution in [2.45, 2.75) is 59.2 Å². The predicted molar refractivity (Wildman–Crippen MR) is 129 cm³/mol. The van der Waals surface area contributed by atoms with Crippen molar-refractivity contribution in [2.75, 3.05) is 17.3 Å². The molecule has 3 atom stereocenters. The van der Waals surface area contributed by atoms with Crippen LogP contribution in [0.3, 0.4) is 0 Å². The normalized spacial score (nSPS) is 16.8. The van der Waals surface area contributed by atoms with Crippen molar-refractivity contribution >= 4 is 29.2 Å². The molecule has 1 aromatic heterocycles. The lowest BCUT2D eigenvalue weighted by Crippen LogP contribution is -2.57. The second-order valence-corrected chi connectivity index (χ2v) is 8.91. The lowest BCUT2D eigenvalue weighted by atomic mass is 10.0. The van der Waals surface area contributed by atoms with E-state index in [1.807, 2.05) is 52.0 Å². The van der Waals surface area contributed by atoms with Crippen molar-refractivity contribution in [1.29, 1.82) is 0 Å². The lowest BCUT2D eigenvalue weighted by Gasteiger charge is -2.31. The Kier molecular flexibility index (Phi) is 7.48. The van der Waals surface area contributed by atoms with Crippen molar-refractivity contribution in [2.24, 2.45) is 5.92 Å². The lowest BCUT2D eigenvalue weighted by molar-refractivity contribution is -0.130. The van der Waals surface area contributed by atoms with Crippen molar-refractivity contribution in [3.05, 3.63) is 53.2 Å². The van der Waals surface area contributed by atoms with Crippen LogP contribution in [0.2, 0.25) is 0 Å². The number of aromatic nitrogens is 1. The summed E-state index contributed by atoms with van der Waals surface area (Å²) in [6, 6.07) is 7.47. The van der Waals surface area contributed by atoms with Crippen LogP contribution in [-0.4, -0.2) is 47.9 Å². The Hall–Kier alpha value is -3.26. The Morgan fingerprint density at radius 1 is 1.06 bits per heavy atom. The minimum Gasteiger partial charge on any atom is -0.343 e. The summed E-state index contributed by atoms with van der Waals surface area (Å²) in [7, 11) is 1.69. The molecule has 1 aliphatic rings. The highest BCUT2D eigenvalue weighted by Crippen LogP contribution is 2.32. The van der Waals surface area contributed by atoms with Crippen molar-refractivity contribution in [1.82, 2.24) is 15.6 Å². The third kappa shape index (κ3) is 5.06. The van der Waals surface area contributed by atoms with Gasteiger partial charge in [0.1, 0.15) is 17.9 Å². The summed E-state index contributed by atoms with van der Waals surface area (Å²) in [5.41, 5.74) is 3.46. The number of hydrogen-bond acceptors (Lipinski definition) is 5. The van der Waals surface area contributed by atoms with Crippen molar-refractivity contribution in [3.8, 4) is 0 Å². The van der Waals surface area contributed by atoms with E-state index < -0.39 is 18.1 Å². The number of nitrogens with zero attached hydrogens (tertiary/aromatic N) is 2. The molecule has 0 fully saturated rings. The fourth-order valence-electron chi connectivity index (χ4n) is 4.01. The first-order chi connectivity index (χ1) is 15.6. The number of amides is 3. The molecule has 8 nitrogen and oxygen atoms in total. The molecule has 0 radical (unpaired) electrons. The molecule has 0 spiro atoms. The van der Waals surface area contributed by atoms with Crippen molar-refractivity contribution < 1.29 is 14.4 Å². The number of likely N-dealkylation sites (N-methyl/N-ethyl adjacent to an activating group) is 1. The van der Waals surface area contributed by atoms with Gasteiger partial charge in [0.05, 0.1) is 6.04 Å². The quantitative estimate of drug-likeness (QED) is 0.600. The van der Waals surface area contributed by atoms with E-state index >= 15 is 0 Å². The van der Waals surface area contributed by atoms with Crippen LogP contribution >= 0.6 is 0 Å². The zero-order chi connectivity index (χ0) is 24.3. The zero-order valence-corrected chi connectivity index (χ0v) is 20.1. The Labute approximate surface area is 195 Å². The predicted octanol–water partition coefficient (Wildman–Crippen LogP) is 2.34. The van der Waals surface area contributed by atoms with Gasteiger partial charge in [-0.05, 0) is 56.5 Å². The van der Waals surface area contributed by atoms with E-state index in [-0.39, 0.29) is 23.6 Å². The number of aryl methyl sites for hydroxylation is 2. The molecule has 0 saturated heterocycles. The van der Waals surface area contributed by atoms with E-state index in [4.69, 9.17) is 0 Å². The SMILES string of the molecule is CN[C@@H](C)C(=O)NC(C(=O)N1c2ncccc2CC1C(=O)Nc1c(C)cccc1C)C(C)C. The van der Waals surface area contributed by atoms with E-state index in [9.17, 15) is 14.4 Å². The molecule has 0 saturated carbocycles. The number of carbonyl (C=O) groups excluding carboxylic acids is 3. The maximum absolute atomic E-state index is 13.8. The molecule has 0 aliphatic carbocycles. The molecule has 8 heteroatoms. The summed E-state index contributed by atoms with van der Waals surface area (Å²) < 4.78 is 0. The molecule has 2 aromatic rings. The van der Waals surface area contributed by atoms with Crippen LogP contribution in [0.25, 0.3) is 0 Å². The molecule has 2 heterocycles. The third-order valence-corrected chi connectivity index (χ3v) is 6.15. The second kappa shape index (κ2) is 10.1. The summed E-state index contributed by atoms with van der Waals surface area (Å²) >= 11 is 0. The van der Waals surface area contributed by atoms with Crippen LogP contribution < -0.4 is 20.9 Å². The van der Waals surface area contributed by atoms with Crippen LogP contribution in [0, 0.1) is 19.8 Å². The number of benzene rings is 1. The van der Waals surface area contributed by atoms with E-state index in [1.165, 1.54) is 4.90 Å². The number of hydrogen-bond donors (Lipinski definition) is 3. The Morgan fingerprint density at radius 3 is 2.33 bits per heavy atom. The number of para-hydroxylation sites is 1. The van der Waals surface area contributed by atoms with Gasteiger partial charge in [0, 0.05) is 18.3 Å². The molecule has 2 unspecified atom stereocenters. The molecule has 3 amide bonds. The topological polar surface area (TPSA) is 103 Å². The number of rotatable bonds is 7. The second-order valence-electron chi connectivity index (χ2n) is 8.91. The van der Waals surface area contributed by atoms with Gasteiger partial charge in [0.2, 0.25) is 11.8 Å². The minimum atomic E-state index is -0.795. The van der Waals surface area contributed by atoms with Crippen LogP contribution in [0.1, 0.15) is 37.5 Å². The number of nitrogens with one attached hydrogen (secondary N) is 3. The highest BCUT2D eigenvalue weighted by molar-refractivity contribution is 6.09. The van der Waals surface area contributed by atoms with Gasteiger partial charge in [-0.3, -0.25) is 19.3 Å². The fraction of sp³-hybridized carbons (Fsp3) is 0.440. The van der Waals surface area contributed by atoms with Gasteiger partial charge in [-0.2, -0.15) is 0 Å². The average molecular weight is 452 g/mol. The first kappa shape index (κ1) is 24.4. The Morgan fingerprint density at radius 2 is 1.73 bits per heavy atom. The summed E-state index contributed by atoms with van der Waals surface area (Å²) in [5.74, 6) is -0.621. The Balaban J connectivity index is 1.94. The first-order valence-corrected chi connectivity index (χ1v) is 11.3. The maximum Gasteiger partial charge on any atom is 0.251 e. The van der Waals surface area contributed by atoms with Gasteiger partial charge >= 0.3 is 0 Å². The van der Waals surface area contributed by atoms with Crippen LogP contribution in [0.15, 0.2) is 36.5 Å². The molecule has 33 heavy (non-hydrogen) atoms. The highest BCUT2D eigenvalue weighted by Gasteiger charge is 2.43. The molecule has 3 N–H and O–H groups in total. The van der Waals surface area contributed by atoms with Gasteiger partial charge in [-0.1, -0.05) is 38.1 Å². The highest BCUT2D eigenvalue weighted by atomic mass is 16.2. The minimum absolute atomic E-state index is 0.180. The van der Waals surface area contributed by atoms with E-state index in [1.54, 1.807) is 26.2 Å². The van der Waals surface area contributed by atoms with Gasteiger partial charge in [-0.25, -0.2) is 4.98 Å². The number of pyridine rings is 1. The smallest absolute Gasteiger partial charge is 0.251 e. The van der Waals surface area contributed by atoms with Crippen molar-refractivity contribution in [3.63, 3.8) is 0 Å². The van der Waals surface area contributed by atoms with E-state index in [0.29, 0.717) is 12.2 Å². The molecule has 1 aliphatic heterocycles. The molecule has 0 bridgehead atoms. The molecule has 3 rings (SSSR count). The molecule has 176 valence electrons. The van der Waals surface area contributed by atoms with E-state index in [0.717, 1.165) is 22.4 Å². The molecule has 1 aromatic carbocycles. The number of fused-ring (bicyclic) bond motifs is 1. The fourth-order valence-corrected chi connectivity index (χ4v) is 4.01. The molecular formula is C25H33N5O3. The van der Waals surface area contributed by atoms with Crippen LogP contribution in [0.5, 0.6) is 0 Å². The third-order valence-electron chi connectivity index (χ3n) is 6.15. The van der Waals surface area contributed by atoms with E-state index in [2.05, 4.69) is 20.9 Å². The largest absolute Gasteiger partial charge is 0.343 e. The van der Waals surface area contributed by atoms with Gasteiger partial charge in [0.15, 0.2) is 0 Å². The number of carbonyl (C=O) groups is 3. The number of anilines is 2.